The molecule has 0 aromatic heterocycles. The minimum Gasteiger partial charge on any atom is -0.462 e. The molecule has 0 atom stereocenters. The molecule has 0 radical (unpaired) electrons. The van der Waals surface area contributed by atoms with Crippen LogP contribution in [0.4, 0.5) is 0 Å². The van der Waals surface area contributed by atoms with Crippen molar-refractivity contribution in [3.05, 3.63) is 12.2 Å². The second kappa shape index (κ2) is 10.7. The summed E-state index contributed by atoms with van der Waals surface area (Å²) in [6.45, 7) is 9.24. The molecule has 3 nitrogen and oxygen atoms in total. The van der Waals surface area contributed by atoms with Gasteiger partial charge in [0.15, 0.2) is 0 Å². The summed E-state index contributed by atoms with van der Waals surface area (Å²) >= 11 is 0. The molecule has 0 aliphatic rings. The predicted octanol–water partition coefficient (Wildman–Crippen LogP) is 3.09. The molecule has 0 N–H and O–H groups in total. The maximum absolute atomic E-state index is 11.0. The van der Waals surface area contributed by atoms with Gasteiger partial charge in [-0.25, -0.2) is 4.79 Å². The third kappa shape index (κ3) is 9.71. The summed E-state index contributed by atoms with van der Waals surface area (Å²) < 4.78 is 10.3. The van der Waals surface area contributed by atoms with Crippen LogP contribution in [0.2, 0.25) is 0 Å². The lowest BCUT2D eigenvalue weighted by Gasteiger charge is -2.05. The van der Waals surface area contributed by atoms with Gasteiger partial charge >= 0.3 is 5.97 Å². The molecule has 0 aromatic rings. The zero-order chi connectivity index (χ0) is 12.2. The Balaban J connectivity index is 3.10. The molecule has 0 unspecified atom stereocenters. The molecule has 0 saturated heterocycles. The van der Waals surface area contributed by atoms with Crippen molar-refractivity contribution in [1.29, 1.82) is 0 Å². The lowest BCUT2D eigenvalue weighted by atomic mass is 10.2. The monoisotopic (exact) mass is 228 g/mol. The SMILES string of the molecule is C=C(C)C(=O)OCCCOCCCCCC. The van der Waals surface area contributed by atoms with Gasteiger partial charge in [0.05, 0.1) is 6.61 Å². The Bertz CT molecular complexity index is 199. The minimum absolute atomic E-state index is 0.317. The van der Waals surface area contributed by atoms with Crippen LogP contribution in [-0.4, -0.2) is 25.8 Å². The highest BCUT2D eigenvalue weighted by molar-refractivity contribution is 5.86. The molecule has 0 aliphatic carbocycles. The first-order valence-corrected chi connectivity index (χ1v) is 6.08. The van der Waals surface area contributed by atoms with Crippen LogP contribution in [0.5, 0.6) is 0 Å². The van der Waals surface area contributed by atoms with Crippen LogP contribution in [-0.2, 0) is 14.3 Å². The van der Waals surface area contributed by atoms with Gasteiger partial charge < -0.3 is 9.47 Å². The molecule has 0 heterocycles. The summed E-state index contributed by atoms with van der Waals surface area (Å²) in [6, 6.07) is 0. The molecular weight excluding hydrogens is 204 g/mol. The predicted molar refractivity (Wildman–Crippen MR) is 65.4 cm³/mol. The quantitative estimate of drug-likeness (QED) is 0.327. The van der Waals surface area contributed by atoms with Gasteiger partial charge in [0.1, 0.15) is 0 Å². The third-order valence-corrected chi connectivity index (χ3v) is 2.16. The Morgan fingerprint density at radius 3 is 2.38 bits per heavy atom. The molecule has 0 fully saturated rings. The van der Waals surface area contributed by atoms with Gasteiger partial charge in [-0.15, -0.1) is 0 Å². The average molecular weight is 228 g/mol. The van der Waals surface area contributed by atoms with Crippen LogP contribution in [0.25, 0.3) is 0 Å². The number of rotatable bonds is 10. The van der Waals surface area contributed by atoms with Gasteiger partial charge in [-0.05, 0) is 13.3 Å². The highest BCUT2D eigenvalue weighted by Gasteiger charge is 2.01. The molecule has 0 saturated carbocycles. The van der Waals surface area contributed by atoms with E-state index in [0.29, 0.717) is 18.8 Å². The lowest BCUT2D eigenvalue weighted by molar-refractivity contribution is -0.139. The molecule has 16 heavy (non-hydrogen) atoms. The fraction of sp³-hybridized carbons (Fsp3) is 0.769. The minimum atomic E-state index is -0.317. The number of esters is 1. The van der Waals surface area contributed by atoms with E-state index in [2.05, 4.69) is 13.5 Å². The normalized spacial score (nSPS) is 10.1. The number of hydrogen-bond donors (Lipinski definition) is 0. The second-order valence-corrected chi connectivity index (χ2v) is 3.94. The van der Waals surface area contributed by atoms with Gasteiger partial charge in [0, 0.05) is 25.2 Å². The molecule has 0 rings (SSSR count). The lowest BCUT2D eigenvalue weighted by Crippen LogP contribution is -2.08. The van der Waals surface area contributed by atoms with E-state index in [-0.39, 0.29) is 5.97 Å². The van der Waals surface area contributed by atoms with Crippen LogP contribution in [0, 0.1) is 0 Å². The van der Waals surface area contributed by atoms with Crippen LogP contribution in [0.15, 0.2) is 12.2 Å². The Morgan fingerprint density at radius 2 is 1.75 bits per heavy atom. The highest BCUT2D eigenvalue weighted by Crippen LogP contribution is 1.99. The second-order valence-electron chi connectivity index (χ2n) is 3.94. The van der Waals surface area contributed by atoms with E-state index >= 15 is 0 Å². The summed E-state index contributed by atoms with van der Waals surface area (Å²) in [5, 5.41) is 0. The third-order valence-electron chi connectivity index (χ3n) is 2.16. The van der Waals surface area contributed by atoms with Crippen molar-refractivity contribution in [3.8, 4) is 0 Å². The summed E-state index contributed by atoms with van der Waals surface area (Å²) in [5.74, 6) is -0.317. The molecule has 94 valence electrons. The van der Waals surface area contributed by atoms with E-state index in [0.717, 1.165) is 19.4 Å². The molecule has 0 amide bonds. The first kappa shape index (κ1) is 15.2. The van der Waals surface area contributed by atoms with Crippen LogP contribution < -0.4 is 0 Å². The van der Waals surface area contributed by atoms with Crippen molar-refractivity contribution >= 4 is 5.97 Å². The van der Waals surface area contributed by atoms with Crippen molar-refractivity contribution in [3.63, 3.8) is 0 Å². The molecule has 0 aliphatic heterocycles. The van der Waals surface area contributed by atoms with Crippen molar-refractivity contribution < 1.29 is 14.3 Å². The van der Waals surface area contributed by atoms with Crippen molar-refractivity contribution in [1.82, 2.24) is 0 Å². The number of ether oxygens (including phenoxy) is 2. The number of carbonyl (C=O) groups excluding carboxylic acids is 1. The maximum Gasteiger partial charge on any atom is 0.333 e. The molecule has 0 bridgehead atoms. The van der Waals surface area contributed by atoms with E-state index in [1.54, 1.807) is 6.92 Å². The summed E-state index contributed by atoms with van der Waals surface area (Å²) in [6.07, 6.45) is 5.64. The zero-order valence-corrected chi connectivity index (χ0v) is 10.6. The summed E-state index contributed by atoms with van der Waals surface area (Å²) in [4.78, 5) is 11.0. The zero-order valence-electron chi connectivity index (χ0n) is 10.6. The Kier molecular flexibility index (Phi) is 10.1. The number of hydrogen-bond acceptors (Lipinski definition) is 3. The van der Waals surface area contributed by atoms with Gasteiger partial charge in [-0.2, -0.15) is 0 Å². The van der Waals surface area contributed by atoms with Gasteiger partial charge in [0.25, 0.3) is 0 Å². The molecule has 0 aromatic carbocycles. The Hall–Kier alpha value is -0.830. The number of carbonyl (C=O) groups is 1. The summed E-state index contributed by atoms with van der Waals surface area (Å²) in [7, 11) is 0. The van der Waals surface area contributed by atoms with E-state index in [4.69, 9.17) is 9.47 Å². The largest absolute Gasteiger partial charge is 0.462 e. The molecule has 3 heteroatoms. The van der Waals surface area contributed by atoms with E-state index in [9.17, 15) is 4.79 Å². The van der Waals surface area contributed by atoms with E-state index < -0.39 is 0 Å². The number of unbranched alkanes of at least 4 members (excludes halogenated alkanes) is 3. The van der Waals surface area contributed by atoms with E-state index in [1.165, 1.54) is 19.3 Å². The van der Waals surface area contributed by atoms with Gasteiger partial charge in [-0.3, -0.25) is 0 Å². The first-order chi connectivity index (χ1) is 7.68. The molecule has 0 spiro atoms. The van der Waals surface area contributed by atoms with Crippen LogP contribution in [0.1, 0.15) is 46.0 Å². The maximum atomic E-state index is 11.0. The smallest absolute Gasteiger partial charge is 0.333 e. The van der Waals surface area contributed by atoms with Crippen molar-refractivity contribution in [2.45, 2.75) is 46.0 Å². The van der Waals surface area contributed by atoms with Crippen molar-refractivity contribution in [2.75, 3.05) is 19.8 Å². The molecular formula is C13H24O3. The Morgan fingerprint density at radius 1 is 1.06 bits per heavy atom. The van der Waals surface area contributed by atoms with Gasteiger partial charge in [0.2, 0.25) is 0 Å². The summed E-state index contributed by atoms with van der Waals surface area (Å²) in [5.41, 5.74) is 0.445. The highest BCUT2D eigenvalue weighted by atomic mass is 16.5. The topological polar surface area (TPSA) is 35.5 Å². The van der Waals surface area contributed by atoms with Crippen molar-refractivity contribution in [2.24, 2.45) is 0 Å². The first-order valence-electron chi connectivity index (χ1n) is 6.08. The Labute approximate surface area is 98.8 Å². The van der Waals surface area contributed by atoms with Crippen LogP contribution in [0.3, 0.4) is 0 Å². The van der Waals surface area contributed by atoms with E-state index in [1.807, 2.05) is 0 Å². The van der Waals surface area contributed by atoms with Crippen LogP contribution >= 0.6 is 0 Å². The fourth-order valence-electron chi connectivity index (χ4n) is 1.18. The average Bonchev–Trinajstić information content (AvgIpc) is 2.26. The van der Waals surface area contributed by atoms with Gasteiger partial charge in [-0.1, -0.05) is 32.8 Å². The fourth-order valence-corrected chi connectivity index (χ4v) is 1.18. The standard InChI is InChI=1S/C13H24O3/c1-4-5-6-7-9-15-10-8-11-16-13(14)12(2)3/h2,4-11H2,1,3H3.